The van der Waals surface area contributed by atoms with E-state index in [0.717, 1.165) is 31.8 Å². The zero-order valence-electron chi connectivity index (χ0n) is 12.1. The van der Waals surface area contributed by atoms with Crippen molar-refractivity contribution in [2.45, 2.75) is 45.4 Å². The third kappa shape index (κ3) is 2.63. The molecule has 0 amide bonds. The predicted molar refractivity (Wildman–Crippen MR) is 77.3 cm³/mol. The highest BCUT2D eigenvalue weighted by Gasteiger charge is 2.30. The zero-order chi connectivity index (χ0) is 13.6. The summed E-state index contributed by atoms with van der Waals surface area (Å²) in [6, 6.07) is 6.95. The average molecular weight is 260 g/mol. The average Bonchev–Trinajstić information content (AvgIpc) is 2.77. The summed E-state index contributed by atoms with van der Waals surface area (Å²) in [6.45, 7) is 9.66. The molecule has 2 unspecified atom stereocenters. The van der Waals surface area contributed by atoms with Crippen molar-refractivity contribution in [3.63, 3.8) is 0 Å². The third-order valence-corrected chi connectivity index (χ3v) is 4.28. The number of nitrogens with zero attached hydrogens (tertiary/aromatic N) is 1. The summed E-state index contributed by atoms with van der Waals surface area (Å²) >= 11 is 0. The van der Waals surface area contributed by atoms with Crippen LogP contribution in [-0.2, 0) is 13.0 Å². The molecule has 2 aliphatic rings. The summed E-state index contributed by atoms with van der Waals surface area (Å²) in [5.41, 5.74) is 8.76. The smallest absolute Gasteiger partial charge is 0.123 e. The van der Waals surface area contributed by atoms with Gasteiger partial charge in [0.15, 0.2) is 0 Å². The first-order chi connectivity index (χ1) is 8.93. The Bertz CT molecular complexity index is 474. The zero-order valence-corrected chi connectivity index (χ0v) is 12.1. The number of ether oxygens (including phenoxy) is 1. The molecule has 19 heavy (non-hydrogen) atoms. The molecule has 3 nitrogen and oxygen atoms in total. The molecule has 1 aromatic rings. The number of rotatable bonds is 2. The minimum absolute atomic E-state index is 0.0501. The molecule has 0 aromatic heterocycles. The van der Waals surface area contributed by atoms with Crippen molar-refractivity contribution < 1.29 is 4.74 Å². The van der Waals surface area contributed by atoms with Gasteiger partial charge >= 0.3 is 0 Å². The van der Waals surface area contributed by atoms with Gasteiger partial charge in [-0.1, -0.05) is 19.1 Å². The Hall–Kier alpha value is -1.06. The number of nitrogens with two attached hydrogens (primary N) is 1. The molecule has 0 radical (unpaired) electrons. The molecule has 0 bridgehead atoms. The minimum Gasteiger partial charge on any atom is -0.487 e. The van der Waals surface area contributed by atoms with E-state index in [9.17, 15) is 0 Å². The summed E-state index contributed by atoms with van der Waals surface area (Å²) < 4.78 is 5.92. The summed E-state index contributed by atoms with van der Waals surface area (Å²) in [6.07, 6.45) is 1.01. The number of likely N-dealkylation sites (tertiary alicyclic amines) is 1. The topological polar surface area (TPSA) is 38.5 Å². The second-order valence-electron chi connectivity index (χ2n) is 6.82. The Morgan fingerprint density at radius 2 is 2.16 bits per heavy atom. The number of hydrogen-bond acceptors (Lipinski definition) is 3. The first kappa shape index (κ1) is 12.9. The molecule has 3 heteroatoms. The van der Waals surface area contributed by atoms with Crippen LogP contribution in [0.15, 0.2) is 18.2 Å². The maximum atomic E-state index is 6.09. The lowest BCUT2D eigenvalue weighted by Crippen LogP contribution is -2.28. The van der Waals surface area contributed by atoms with Crippen molar-refractivity contribution >= 4 is 0 Å². The normalized spacial score (nSPS) is 29.3. The molecular formula is C16H24N2O. The molecule has 3 rings (SSSR count). The van der Waals surface area contributed by atoms with Crippen LogP contribution in [0, 0.1) is 5.92 Å². The van der Waals surface area contributed by atoms with Gasteiger partial charge in [0, 0.05) is 32.1 Å². The van der Waals surface area contributed by atoms with Crippen molar-refractivity contribution in [2.24, 2.45) is 11.7 Å². The maximum Gasteiger partial charge on any atom is 0.123 e. The van der Waals surface area contributed by atoms with Gasteiger partial charge in [-0.15, -0.1) is 0 Å². The van der Waals surface area contributed by atoms with Crippen LogP contribution < -0.4 is 10.5 Å². The van der Waals surface area contributed by atoms with E-state index in [0.29, 0.717) is 12.0 Å². The van der Waals surface area contributed by atoms with Crippen LogP contribution in [0.5, 0.6) is 5.75 Å². The standard InChI is InChI=1S/C16H24N2O/c1-11-8-18(10-14(11)17)9-12-4-5-15-13(6-12)7-16(2,3)19-15/h4-6,11,14H,7-10,17H2,1-3H3. The molecule has 2 atom stereocenters. The molecule has 2 heterocycles. The molecule has 0 aliphatic carbocycles. The van der Waals surface area contributed by atoms with Gasteiger partial charge in [0.05, 0.1) is 0 Å². The van der Waals surface area contributed by atoms with Crippen LogP contribution in [0.25, 0.3) is 0 Å². The van der Waals surface area contributed by atoms with Crippen molar-refractivity contribution in [3.05, 3.63) is 29.3 Å². The van der Waals surface area contributed by atoms with Crippen molar-refractivity contribution in [3.8, 4) is 5.75 Å². The molecular weight excluding hydrogens is 236 g/mol. The van der Waals surface area contributed by atoms with Gasteiger partial charge in [-0.2, -0.15) is 0 Å². The third-order valence-electron chi connectivity index (χ3n) is 4.28. The van der Waals surface area contributed by atoms with Gasteiger partial charge in [0.25, 0.3) is 0 Å². The minimum atomic E-state index is -0.0501. The summed E-state index contributed by atoms with van der Waals surface area (Å²) in [5.74, 6) is 1.66. The SMILES string of the molecule is CC1CN(Cc2ccc3c(c2)CC(C)(C)O3)CC1N. The molecule has 2 aliphatic heterocycles. The van der Waals surface area contributed by atoms with E-state index in [1.807, 2.05) is 0 Å². The Morgan fingerprint density at radius 1 is 1.37 bits per heavy atom. The monoisotopic (exact) mass is 260 g/mol. The summed E-state index contributed by atoms with van der Waals surface area (Å²) in [5, 5.41) is 0. The summed E-state index contributed by atoms with van der Waals surface area (Å²) in [4.78, 5) is 2.46. The van der Waals surface area contributed by atoms with Gasteiger partial charge < -0.3 is 10.5 Å². The Kier molecular flexibility index (Phi) is 3.06. The van der Waals surface area contributed by atoms with Crippen molar-refractivity contribution in [1.29, 1.82) is 0 Å². The first-order valence-electron chi connectivity index (χ1n) is 7.22. The number of fused-ring (bicyclic) bond motifs is 1. The Balaban J connectivity index is 1.71. The van der Waals surface area contributed by atoms with E-state index in [2.05, 4.69) is 43.9 Å². The van der Waals surface area contributed by atoms with Crippen LogP contribution in [0.3, 0.4) is 0 Å². The molecule has 0 spiro atoms. The van der Waals surface area contributed by atoms with Gasteiger partial charge in [-0.05, 0) is 37.0 Å². The highest BCUT2D eigenvalue weighted by Crippen LogP contribution is 2.35. The Labute approximate surface area is 115 Å². The van der Waals surface area contributed by atoms with Gasteiger partial charge in [0.2, 0.25) is 0 Å². The molecule has 1 saturated heterocycles. The number of hydrogen-bond donors (Lipinski definition) is 1. The quantitative estimate of drug-likeness (QED) is 0.886. The van der Waals surface area contributed by atoms with Crippen LogP contribution in [0.4, 0.5) is 0 Å². The lowest BCUT2D eigenvalue weighted by molar-refractivity contribution is 0.138. The second-order valence-corrected chi connectivity index (χ2v) is 6.82. The fourth-order valence-corrected chi connectivity index (χ4v) is 3.24. The fraction of sp³-hybridized carbons (Fsp3) is 0.625. The number of benzene rings is 1. The van der Waals surface area contributed by atoms with E-state index in [-0.39, 0.29) is 5.60 Å². The summed E-state index contributed by atoms with van der Waals surface area (Å²) in [7, 11) is 0. The maximum absolute atomic E-state index is 6.09. The van der Waals surface area contributed by atoms with Crippen LogP contribution in [-0.4, -0.2) is 29.6 Å². The van der Waals surface area contributed by atoms with Crippen LogP contribution >= 0.6 is 0 Å². The van der Waals surface area contributed by atoms with E-state index in [1.165, 1.54) is 11.1 Å². The highest BCUT2D eigenvalue weighted by atomic mass is 16.5. The molecule has 0 saturated carbocycles. The van der Waals surface area contributed by atoms with Gasteiger partial charge in [-0.25, -0.2) is 0 Å². The molecule has 104 valence electrons. The second kappa shape index (κ2) is 4.50. The largest absolute Gasteiger partial charge is 0.487 e. The molecule has 1 aromatic carbocycles. The molecule has 1 fully saturated rings. The van der Waals surface area contributed by atoms with Crippen LogP contribution in [0.2, 0.25) is 0 Å². The highest BCUT2D eigenvalue weighted by molar-refractivity contribution is 5.41. The fourth-order valence-electron chi connectivity index (χ4n) is 3.24. The van der Waals surface area contributed by atoms with E-state index in [1.54, 1.807) is 0 Å². The molecule has 2 N–H and O–H groups in total. The van der Waals surface area contributed by atoms with E-state index < -0.39 is 0 Å². The van der Waals surface area contributed by atoms with E-state index >= 15 is 0 Å². The van der Waals surface area contributed by atoms with E-state index in [4.69, 9.17) is 10.5 Å². The van der Waals surface area contributed by atoms with Gasteiger partial charge in [-0.3, -0.25) is 4.90 Å². The van der Waals surface area contributed by atoms with Gasteiger partial charge in [0.1, 0.15) is 11.4 Å². The lowest BCUT2D eigenvalue weighted by atomic mass is 10.00. The lowest BCUT2D eigenvalue weighted by Gasteiger charge is -2.16. The first-order valence-corrected chi connectivity index (χ1v) is 7.22. The van der Waals surface area contributed by atoms with Crippen molar-refractivity contribution in [1.82, 2.24) is 4.90 Å². The van der Waals surface area contributed by atoms with Crippen LogP contribution in [0.1, 0.15) is 31.9 Å². The van der Waals surface area contributed by atoms with Crippen molar-refractivity contribution in [2.75, 3.05) is 13.1 Å². The predicted octanol–water partition coefficient (Wildman–Crippen LogP) is 2.18. The Morgan fingerprint density at radius 3 is 2.84 bits per heavy atom.